The summed E-state index contributed by atoms with van der Waals surface area (Å²) in [5.74, 6) is -8.76. The van der Waals surface area contributed by atoms with E-state index in [-0.39, 0.29) is 75.0 Å². The van der Waals surface area contributed by atoms with Crippen LogP contribution in [0.3, 0.4) is 0 Å². The number of aromatic hydroxyl groups is 1. The van der Waals surface area contributed by atoms with Crippen LogP contribution >= 0.6 is 11.8 Å². The number of nitrogens with one attached hydrogen (secondary N) is 7. The number of aliphatic imine (C=N–C) groups is 1. The number of carbonyl (C=O) groups is 9. The maximum atomic E-state index is 14.7. The van der Waals surface area contributed by atoms with Crippen LogP contribution in [-0.4, -0.2) is 157 Å². The number of aromatic amines is 1. The van der Waals surface area contributed by atoms with Gasteiger partial charge in [-0.2, -0.15) is 11.8 Å². The summed E-state index contributed by atoms with van der Waals surface area (Å²) in [6.45, 7) is 7.07. The minimum Gasteiger partial charge on any atom is -0.508 e. The predicted molar refractivity (Wildman–Crippen MR) is 285 cm³/mol. The minimum absolute atomic E-state index is 0.0461. The van der Waals surface area contributed by atoms with E-state index in [4.69, 9.17) is 17.2 Å². The van der Waals surface area contributed by atoms with Gasteiger partial charge in [0, 0.05) is 49.3 Å². The molecular formula is C51H73N13O12S. The van der Waals surface area contributed by atoms with E-state index < -0.39 is 114 Å². The van der Waals surface area contributed by atoms with E-state index >= 15 is 0 Å². The molecule has 77 heavy (non-hydrogen) atoms. The standard InChI is InChI=1S/C51H73N13O12S/c1-28(2)20-38(50(75)76)61-47(72)40-13-9-19-64(40)49(74)37(22-32-24-55-27-57-32)60-46(71)39(26-77-25-31-10-6-5-7-11-31)62-45(70)36(21-30-14-16-33(65)17-15-30)59-48(73)42(29(3)4)63-44(69)35(12-8-18-56-51(53)54)58-43(68)34(52)23-41(66)67/h5-7,10-11,14-17,24,27-29,34-40,42,65H,8-9,12-13,18-23,25-26,52H2,1-4H3,(H,55,57)(H,58,68)(H,59,73)(H,60,71)(H,61,72)(H,62,70)(H,63,69)(H,66,67)(H,75,76)(H4,53,54,56)/t34-,35-,36-,37-,38-,39-,40-,42-/m0/s1. The molecule has 8 atom stereocenters. The smallest absolute Gasteiger partial charge is 0.326 e. The van der Waals surface area contributed by atoms with Crippen LogP contribution in [-0.2, 0) is 61.7 Å². The highest BCUT2D eigenvalue weighted by Gasteiger charge is 2.40. The SMILES string of the molecule is CC(C)C[C@H](NC(=O)[C@@H]1CCCN1C(=O)[C@H](Cc1cnc[nH]1)NC(=O)[C@H](CSCc1ccccc1)NC(=O)[C@H](Cc1ccc(O)cc1)NC(=O)[C@@H](NC(=O)[C@H](CCCN=C(N)N)NC(=O)[C@@H](N)CC(=O)O)C(C)C)C(=O)O. The van der Waals surface area contributed by atoms with E-state index in [0.29, 0.717) is 23.4 Å². The van der Waals surface area contributed by atoms with Crippen LogP contribution in [0.15, 0.2) is 72.1 Å². The van der Waals surface area contributed by atoms with Gasteiger partial charge in [-0.1, -0.05) is 70.2 Å². The van der Waals surface area contributed by atoms with Crippen molar-refractivity contribution < 1.29 is 58.5 Å². The van der Waals surface area contributed by atoms with Gasteiger partial charge in [-0.05, 0) is 67.2 Å². The van der Waals surface area contributed by atoms with Crippen LogP contribution in [0.5, 0.6) is 5.75 Å². The Morgan fingerprint density at radius 3 is 2.01 bits per heavy atom. The third-order valence-electron chi connectivity index (χ3n) is 12.3. The van der Waals surface area contributed by atoms with Crippen molar-refractivity contribution in [3.63, 3.8) is 0 Å². The van der Waals surface area contributed by atoms with Crippen molar-refractivity contribution in [2.45, 2.75) is 133 Å². The van der Waals surface area contributed by atoms with Crippen LogP contribution in [0.4, 0.5) is 0 Å². The fourth-order valence-electron chi connectivity index (χ4n) is 8.34. The predicted octanol–water partition coefficient (Wildman–Crippen LogP) is -0.624. The number of benzene rings is 2. The molecule has 16 N–H and O–H groups in total. The number of guanidine groups is 1. The molecule has 1 aliphatic rings. The lowest BCUT2D eigenvalue weighted by Gasteiger charge is -2.31. The molecule has 0 radical (unpaired) electrons. The monoisotopic (exact) mass is 1090 g/mol. The summed E-state index contributed by atoms with van der Waals surface area (Å²) >= 11 is 1.30. The number of H-pyrrole nitrogens is 1. The number of hydrogen-bond donors (Lipinski definition) is 13. The van der Waals surface area contributed by atoms with E-state index in [0.717, 1.165) is 5.56 Å². The van der Waals surface area contributed by atoms with E-state index in [1.165, 1.54) is 53.5 Å². The molecule has 0 saturated carbocycles. The summed E-state index contributed by atoms with van der Waals surface area (Å²) in [7, 11) is 0. The highest BCUT2D eigenvalue weighted by Crippen LogP contribution is 2.22. The molecule has 1 aliphatic heterocycles. The number of likely N-dealkylation sites (tertiary alicyclic amines) is 1. The number of imidazole rings is 1. The number of phenols is 1. The van der Waals surface area contributed by atoms with Gasteiger partial charge in [-0.3, -0.25) is 43.3 Å². The Morgan fingerprint density at radius 2 is 1.40 bits per heavy atom. The highest BCUT2D eigenvalue weighted by molar-refractivity contribution is 7.98. The number of aliphatic carboxylic acids is 2. The number of thioether (sulfide) groups is 1. The summed E-state index contributed by atoms with van der Waals surface area (Å²) in [6.07, 6.45) is 2.73. The Hall–Kier alpha value is -7.74. The molecule has 0 unspecified atom stereocenters. The fraction of sp³-hybridized carbons (Fsp3) is 0.510. The fourth-order valence-corrected chi connectivity index (χ4v) is 9.35. The Labute approximate surface area is 450 Å². The lowest BCUT2D eigenvalue weighted by molar-refractivity contribution is -0.145. The lowest BCUT2D eigenvalue weighted by atomic mass is 9.99. The number of carboxylic acids is 2. The van der Waals surface area contributed by atoms with Crippen LogP contribution in [0.25, 0.3) is 0 Å². The minimum atomic E-state index is -1.51. The molecule has 7 amide bonds. The van der Waals surface area contributed by atoms with Crippen molar-refractivity contribution in [3.05, 3.63) is 83.9 Å². The average molecular weight is 1090 g/mol. The average Bonchev–Trinajstić information content (AvgIpc) is 4.09. The van der Waals surface area contributed by atoms with Crippen LogP contribution < -0.4 is 49.1 Å². The summed E-state index contributed by atoms with van der Waals surface area (Å²) < 4.78 is 0. The number of phenolic OH excluding ortho intramolecular Hbond substituents is 1. The summed E-state index contributed by atoms with van der Waals surface area (Å²) in [5.41, 5.74) is 18.5. The van der Waals surface area contributed by atoms with Crippen LogP contribution in [0.1, 0.15) is 83.0 Å². The molecule has 1 saturated heterocycles. The second-order valence-corrected chi connectivity index (χ2v) is 20.5. The van der Waals surface area contributed by atoms with Crippen molar-refractivity contribution in [3.8, 4) is 5.75 Å². The second-order valence-electron chi connectivity index (χ2n) is 19.5. The molecule has 4 rings (SSSR count). The van der Waals surface area contributed by atoms with Crippen LogP contribution in [0, 0.1) is 11.8 Å². The number of nitrogens with zero attached hydrogens (tertiary/aromatic N) is 3. The third kappa shape index (κ3) is 20.7. The van der Waals surface area contributed by atoms with Crippen molar-refractivity contribution in [2.75, 3.05) is 18.8 Å². The van der Waals surface area contributed by atoms with E-state index in [9.17, 15) is 58.5 Å². The first-order valence-electron chi connectivity index (χ1n) is 25.3. The van der Waals surface area contributed by atoms with Gasteiger partial charge < -0.3 is 74.3 Å². The molecular weight excluding hydrogens is 1020 g/mol. The van der Waals surface area contributed by atoms with Crippen molar-refractivity contribution in [1.29, 1.82) is 0 Å². The first-order valence-corrected chi connectivity index (χ1v) is 26.4. The molecule has 26 heteroatoms. The molecule has 1 fully saturated rings. The first kappa shape index (κ1) is 61.8. The highest BCUT2D eigenvalue weighted by atomic mass is 32.2. The molecule has 0 bridgehead atoms. The Bertz CT molecular complexity index is 2490. The van der Waals surface area contributed by atoms with Gasteiger partial charge in [0.1, 0.15) is 48.0 Å². The third-order valence-corrected chi connectivity index (χ3v) is 13.5. The molecule has 0 spiro atoms. The maximum Gasteiger partial charge on any atom is 0.326 e. The summed E-state index contributed by atoms with van der Waals surface area (Å²) in [4.78, 5) is 135. The van der Waals surface area contributed by atoms with Gasteiger partial charge >= 0.3 is 11.9 Å². The molecule has 0 aliphatic carbocycles. The Morgan fingerprint density at radius 1 is 0.766 bits per heavy atom. The molecule has 25 nitrogen and oxygen atoms in total. The maximum absolute atomic E-state index is 14.7. The summed E-state index contributed by atoms with van der Waals surface area (Å²) in [6, 6.07) is 4.54. The Kier molecular flexibility index (Phi) is 24.7. The number of carbonyl (C=O) groups excluding carboxylic acids is 7. The number of amides is 7. The molecule has 1 aromatic heterocycles. The number of rotatable bonds is 31. The lowest BCUT2D eigenvalue weighted by Crippen LogP contribution is -2.61. The quantitative estimate of drug-likeness (QED) is 0.0217. The number of hydrogen-bond acceptors (Lipinski definition) is 14. The van der Waals surface area contributed by atoms with Crippen molar-refractivity contribution >= 4 is 71.0 Å². The largest absolute Gasteiger partial charge is 0.508 e. The van der Waals surface area contributed by atoms with Gasteiger partial charge in [-0.25, -0.2) is 9.78 Å². The van der Waals surface area contributed by atoms with E-state index in [1.54, 1.807) is 13.8 Å². The summed E-state index contributed by atoms with van der Waals surface area (Å²) in [5, 5.41) is 45.1. The van der Waals surface area contributed by atoms with Crippen molar-refractivity contribution in [2.24, 2.45) is 34.0 Å². The molecule has 3 aromatic rings. The van der Waals surface area contributed by atoms with E-state index in [1.807, 2.05) is 44.2 Å². The van der Waals surface area contributed by atoms with E-state index in [2.05, 4.69) is 46.9 Å². The van der Waals surface area contributed by atoms with Gasteiger partial charge in [0.25, 0.3) is 0 Å². The topological polar surface area (TPSA) is 409 Å². The molecule has 2 heterocycles. The Balaban J connectivity index is 1.65. The molecule has 420 valence electrons. The van der Waals surface area contributed by atoms with Gasteiger partial charge in [0.2, 0.25) is 41.4 Å². The molecule has 2 aromatic carbocycles. The van der Waals surface area contributed by atoms with Gasteiger partial charge in [0.05, 0.1) is 18.8 Å². The number of carboxylic acid groups (broad SMARTS) is 2. The van der Waals surface area contributed by atoms with Gasteiger partial charge in [-0.15, -0.1) is 0 Å². The zero-order chi connectivity index (χ0) is 56.8. The zero-order valence-corrected chi connectivity index (χ0v) is 44.4. The number of aromatic nitrogens is 2. The van der Waals surface area contributed by atoms with Crippen molar-refractivity contribution in [1.82, 2.24) is 46.8 Å². The second kappa shape index (κ2) is 30.7. The first-order chi connectivity index (χ1) is 36.5. The number of nitrogens with two attached hydrogens (primary N) is 3. The van der Waals surface area contributed by atoms with Crippen LogP contribution in [0.2, 0.25) is 0 Å². The van der Waals surface area contributed by atoms with Gasteiger partial charge in [0.15, 0.2) is 5.96 Å². The normalized spacial score (nSPS) is 15.9. The zero-order valence-electron chi connectivity index (χ0n) is 43.6.